The molecular formula is C12H16BrNO. The van der Waals surface area contributed by atoms with Crippen molar-refractivity contribution in [2.24, 2.45) is 0 Å². The van der Waals surface area contributed by atoms with Crippen LogP contribution in [0.2, 0.25) is 0 Å². The van der Waals surface area contributed by atoms with E-state index < -0.39 is 0 Å². The van der Waals surface area contributed by atoms with E-state index in [1.807, 2.05) is 6.07 Å². The van der Waals surface area contributed by atoms with Gasteiger partial charge in [-0.3, -0.25) is 5.32 Å². The fourth-order valence-electron chi connectivity index (χ4n) is 1.82. The fourth-order valence-corrected chi connectivity index (χ4v) is 2.27. The second-order valence-electron chi connectivity index (χ2n) is 4.58. The molecule has 0 bridgehead atoms. The lowest BCUT2D eigenvalue weighted by Crippen LogP contribution is -2.24. The number of hydrogen-bond donors (Lipinski definition) is 1. The second kappa shape index (κ2) is 4.24. The van der Waals surface area contributed by atoms with Gasteiger partial charge in [-0.1, -0.05) is 28.1 Å². The summed E-state index contributed by atoms with van der Waals surface area (Å²) in [4.78, 5) is 0. The molecule has 82 valence electrons. The van der Waals surface area contributed by atoms with Crippen molar-refractivity contribution in [1.29, 1.82) is 0 Å². The van der Waals surface area contributed by atoms with Crippen LogP contribution >= 0.6 is 15.9 Å². The molecule has 2 nitrogen and oxygen atoms in total. The van der Waals surface area contributed by atoms with Crippen molar-refractivity contribution in [3.63, 3.8) is 0 Å². The lowest BCUT2D eigenvalue weighted by atomic mass is 10.1. The van der Waals surface area contributed by atoms with Crippen LogP contribution in [0.4, 0.5) is 0 Å². The second-order valence-corrected chi connectivity index (χ2v) is 5.50. The third-order valence-electron chi connectivity index (χ3n) is 2.53. The van der Waals surface area contributed by atoms with Crippen molar-refractivity contribution in [3.8, 4) is 0 Å². The molecule has 1 aliphatic heterocycles. The van der Waals surface area contributed by atoms with Crippen LogP contribution in [0.15, 0.2) is 28.7 Å². The number of benzene rings is 1. The molecule has 1 unspecified atom stereocenters. The van der Waals surface area contributed by atoms with Gasteiger partial charge in [-0.15, -0.1) is 0 Å². The molecule has 1 saturated heterocycles. The van der Waals surface area contributed by atoms with E-state index in [0.29, 0.717) is 0 Å². The van der Waals surface area contributed by atoms with Crippen molar-refractivity contribution in [3.05, 3.63) is 34.3 Å². The largest absolute Gasteiger partial charge is 0.356 e. The number of ether oxygens (including phenoxy) is 1. The quantitative estimate of drug-likeness (QED) is 0.892. The zero-order valence-electron chi connectivity index (χ0n) is 9.09. The SMILES string of the molecule is CC1(C)CNC(Cc2cccc(Br)c2)O1. The Morgan fingerprint density at radius 2 is 2.33 bits per heavy atom. The standard InChI is InChI=1S/C12H16BrNO/c1-12(2)8-14-11(15-12)7-9-4-3-5-10(13)6-9/h3-6,11,14H,7-8H2,1-2H3. The van der Waals surface area contributed by atoms with E-state index in [4.69, 9.17) is 4.74 Å². The summed E-state index contributed by atoms with van der Waals surface area (Å²) >= 11 is 3.47. The normalized spacial score (nSPS) is 24.3. The Morgan fingerprint density at radius 3 is 2.93 bits per heavy atom. The van der Waals surface area contributed by atoms with Crippen LogP contribution in [0.5, 0.6) is 0 Å². The number of nitrogens with one attached hydrogen (secondary N) is 1. The minimum Gasteiger partial charge on any atom is -0.356 e. The summed E-state index contributed by atoms with van der Waals surface area (Å²) in [5.74, 6) is 0. The molecule has 1 aromatic carbocycles. The number of hydrogen-bond acceptors (Lipinski definition) is 2. The first kappa shape index (κ1) is 11.1. The van der Waals surface area contributed by atoms with Gasteiger partial charge in [0, 0.05) is 17.4 Å². The first-order valence-electron chi connectivity index (χ1n) is 5.21. The summed E-state index contributed by atoms with van der Waals surface area (Å²) in [6, 6.07) is 8.35. The molecule has 1 atom stereocenters. The molecule has 1 aliphatic rings. The maximum Gasteiger partial charge on any atom is 0.113 e. The highest BCUT2D eigenvalue weighted by Gasteiger charge is 2.30. The molecule has 0 aliphatic carbocycles. The number of halogens is 1. The smallest absolute Gasteiger partial charge is 0.113 e. The minimum absolute atomic E-state index is 0.0311. The van der Waals surface area contributed by atoms with E-state index in [-0.39, 0.29) is 11.8 Å². The Labute approximate surface area is 99.1 Å². The molecule has 3 heteroatoms. The summed E-state index contributed by atoms with van der Waals surface area (Å²) in [6.07, 6.45) is 1.07. The third kappa shape index (κ3) is 3.03. The molecule has 0 amide bonds. The van der Waals surface area contributed by atoms with Gasteiger partial charge in [-0.2, -0.15) is 0 Å². The summed E-state index contributed by atoms with van der Waals surface area (Å²) in [7, 11) is 0. The van der Waals surface area contributed by atoms with Gasteiger partial charge >= 0.3 is 0 Å². The molecule has 1 aromatic rings. The summed E-state index contributed by atoms with van der Waals surface area (Å²) in [6.45, 7) is 5.15. The summed E-state index contributed by atoms with van der Waals surface area (Å²) in [5, 5.41) is 3.38. The average molecular weight is 270 g/mol. The van der Waals surface area contributed by atoms with Crippen LogP contribution in [-0.2, 0) is 11.2 Å². The first-order valence-corrected chi connectivity index (χ1v) is 6.00. The molecule has 1 N–H and O–H groups in total. The van der Waals surface area contributed by atoms with Crippen LogP contribution in [0.3, 0.4) is 0 Å². The minimum atomic E-state index is -0.0311. The Morgan fingerprint density at radius 1 is 1.53 bits per heavy atom. The summed E-state index contributed by atoms with van der Waals surface area (Å²) < 4.78 is 6.99. The van der Waals surface area contributed by atoms with Gasteiger partial charge in [0.2, 0.25) is 0 Å². The van der Waals surface area contributed by atoms with E-state index in [0.717, 1.165) is 17.4 Å². The van der Waals surface area contributed by atoms with Crippen molar-refractivity contribution >= 4 is 15.9 Å². The molecule has 2 rings (SSSR count). The van der Waals surface area contributed by atoms with E-state index in [1.54, 1.807) is 0 Å². The average Bonchev–Trinajstić information content (AvgIpc) is 2.45. The lowest BCUT2D eigenvalue weighted by Gasteiger charge is -2.17. The summed E-state index contributed by atoms with van der Waals surface area (Å²) in [5.41, 5.74) is 1.26. The van der Waals surface area contributed by atoms with Gasteiger partial charge in [-0.25, -0.2) is 0 Å². The topological polar surface area (TPSA) is 21.3 Å². The maximum absolute atomic E-state index is 5.87. The van der Waals surface area contributed by atoms with Crippen molar-refractivity contribution in [2.45, 2.75) is 32.1 Å². The fraction of sp³-hybridized carbons (Fsp3) is 0.500. The van der Waals surface area contributed by atoms with E-state index in [1.165, 1.54) is 5.56 Å². The van der Waals surface area contributed by atoms with Gasteiger partial charge in [0.25, 0.3) is 0 Å². The number of rotatable bonds is 2. The van der Waals surface area contributed by atoms with Gasteiger partial charge in [0.1, 0.15) is 6.23 Å². The molecule has 0 spiro atoms. The monoisotopic (exact) mass is 269 g/mol. The van der Waals surface area contributed by atoms with Crippen molar-refractivity contribution in [1.82, 2.24) is 5.32 Å². The van der Waals surface area contributed by atoms with Crippen molar-refractivity contribution in [2.75, 3.05) is 6.54 Å². The maximum atomic E-state index is 5.87. The third-order valence-corrected chi connectivity index (χ3v) is 3.02. The molecule has 1 fully saturated rings. The Balaban J connectivity index is 1.99. The zero-order chi connectivity index (χ0) is 10.9. The first-order chi connectivity index (χ1) is 7.05. The van der Waals surface area contributed by atoms with Crippen LogP contribution in [0.25, 0.3) is 0 Å². The molecule has 0 aromatic heterocycles. The molecular weight excluding hydrogens is 254 g/mol. The van der Waals surface area contributed by atoms with Crippen LogP contribution < -0.4 is 5.32 Å². The van der Waals surface area contributed by atoms with Gasteiger partial charge in [0.05, 0.1) is 5.60 Å². The Kier molecular flexibility index (Phi) is 3.14. The highest BCUT2D eigenvalue weighted by molar-refractivity contribution is 9.10. The predicted octanol–water partition coefficient (Wildman–Crippen LogP) is 2.72. The molecule has 1 heterocycles. The van der Waals surface area contributed by atoms with Crippen molar-refractivity contribution < 1.29 is 4.74 Å². The molecule has 0 radical (unpaired) electrons. The highest BCUT2D eigenvalue weighted by atomic mass is 79.9. The lowest BCUT2D eigenvalue weighted by molar-refractivity contribution is -0.0136. The van der Waals surface area contributed by atoms with Crippen LogP contribution in [-0.4, -0.2) is 18.4 Å². The zero-order valence-corrected chi connectivity index (χ0v) is 10.7. The van der Waals surface area contributed by atoms with Crippen LogP contribution in [0, 0.1) is 0 Å². The highest BCUT2D eigenvalue weighted by Crippen LogP contribution is 2.20. The van der Waals surface area contributed by atoms with E-state index in [9.17, 15) is 0 Å². The van der Waals surface area contributed by atoms with E-state index >= 15 is 0 Å². The molecule has 15 heavy (non-hydrogen) atoms. The van der Waals surface area contributed by atoms with Gasteiger partial charge in [0.15, 0.2) is 0 Å². The molecule has 0 saturated carbocycles. The van der Waals surface area contributed by atoms with Gasteiger partial charge in [-0.05, 0) is 31.5 Å². The van der Waals surface area contributed by atoms with E-state index in [2.05, 4.69) is 53.3 Å². The Hall–Kier alpha value is -0.380. The Bertz CT molecular complexity index is 351. The van der Waals surface area contributed by atoms with Crippen LogP contribution in [0.1, 0.15) is 19.4 Å². The van der Waals surface area contributed by atoms with Gasteiger partial charge < -0.3 is 4.74 Å². The predicted molar refractivity (Wildman–Crippen MR) is 64.8 cm³/mol.